The minimum absolute atomic E-state index is 0.177. The smallest absolute Gasteiger partial charge is 0.257 e. The maximum atomic E-state index is 12.3. The molecule has 4 aromatic rings. The van der Waals surface area contributed by atoms with Crippen molar-refractivity contribution < 1.29 is 0 Å². The Kier molecular flexibility index (Phi) is 4.21. The molecule has 0 aromatic carbocycles. The van der Waals surface area contributed by atoms with Crippen LogP contribution in [0, 0.1) is 0 Å². The van der Waals surface area contributed by atoms with E-state index in [0.717, 1.165) is 37.3 Å². The molecule has 0 bridgehead atoms. The van der Waals surface area contributed by atoms with Gasteiger partial charge in [0.2, 0.25) is 0 Å². The first kappa shape index (κ1) is 17.4. The molecule has 0 radical (unpaired) electrons. The van der Waals surface area contributed by atoms with Crippen LogP contribution in [0.4, 0.5) is 5.82 Å². The summed E-state index contributed by atoms with van der Waals surface area (Å²) in [5.41, 5.74) is 9.27. The van der Waals surface area contributed by atoms with Crippen LogP contribution in [0.5, 0.6) is 0 Å². The number of nitrogens with one attached hydrogen (secondary N) is 2. The first-order chi connectivity index (χ1) is 14.2. The molecule has 0 aliphatic carbocycles. The summed E-state index contributed by atoms with van der Waals surface area (Å²) < 4.78 is 2.00. The number of fused-ring (bicyclic) bond motifs is 1. The number of hydrogen-bond acceptors (Lipinski definition) is 7. The van der Waals surface area contributed by atoms with Crippen LogP contribution in [-0.2, 0) is 0 Å². The van der Waals surface area contributed by atoms with E-state index in [9.17, 15) is 4.79 Å². The van der Waals surface area contributed by atoms with Gasteiger partial charge in [0.15, 0.2) is 11.5 Å². The number of nitrogen functional groups attached to an aromatic ring is 1. The van der Waals surface area contributed by atoms with Gasteiger partial charge in [-0.1, -0.05) is 0 Å². The minimum Gasteiger partial charge on any atom is -0.383 e. The summed E-state index contributed by atoms with van der Waals surface area (Å²) in [5, 5.41) is 5.56. The predicted octanol–water partition coefficient (Wildman–Crippen LogP) is 0.972. The number of piperazine rings is 1. The number of H-pyrrole nitrogens is 1. The maximum absolute atomic E-state index is 12.3. The molecule has 0 saturated carbocycles. The van der Waals surface area contributed by atoms with Crippen molar-refractivity contribution in [3.8, 4) is 22.6 Å². The van der Waals surface area contributed by atoms with Gasteiger partial charge in [-0.3, -0.25) is 4.79 Å². The van der Waals surface area contributed by atoms with Gasteiger partial charge in [0.1, 0.15) is 11.3 Å². The van der Waals surface area contributed by atoms with E-state index in [4.69, 9.17) is 15.7 Å². The fourth-order valence-corrected chi connectivity index (χ4v) is 3.62. The fourth-order valence-electron chi connectivity index (χ4n) is 3.62. The van der Waals surface area contributed by atoms with Gasteiger partial charge in [0, 0.05) is 38.6 Å². The lowest BCUT2D eigenvalue weighted by Crippen LogP contribution is -2.49. The second-order valence-electron chi connectivity index (χ2n) is 6.84. The lowest BCUT2D eigenvalue weighted by molar-refractivity contribution is 0.499. The number of nitrogens with two attached hydrogens (primary N) is 1. The number of aromatic amines is 1. The number of hydrogen-bond donors (Lipinski definition) is 3. The van der Waals surface area contributed by atoms with Crippen molar-refractivity contribution in [2.75, 3.05) is 36.9 Å². The summed E-state index contributed by atoms with van der Waals surface area (Å²) in [6.07, 6.45) is 3.27. The lowest BCUT2D eigenvalue weighted by Gasteiger charge is -2.31. The number of nitrogens with zero attached hydrogens (tertiary/aromatic N) is 5. The number of aromatic nitrogens is 5. The van der Waals surface area contributed by atoms with E-state index < -0.39 is 0 Å². The highest BCUT2D eigenvalue weighted by Gasteiger charge is 2.22. The molecule has 5 rings (SSSR count). The third-order valence-corrected chi connectivity index (χ3v) is 5.03. The monoisotopic (exact) mass is 388 g/mol. The molecule has 1 aliphatic heterocycles. The molecule has 0 amide bonds. The summed E-state index contributed by atoms with van der Waals surface area (Å²) in [5.74, 6) is 1.11. The quantitative estimate of drug-likeness (QED) is 0.479. The molecule has 5 heterocycles. The zero-order valence-corrected chi connectivity index (χ0v) is 15.7. The van der Waals surface area contributed by atoms with Crippen LogP contribution in [0.3, 0.4) is 0 Å². The SMILES string of the molecule is Nc1ncccc1-c1nc2ccc(-c3ccc[nH]c3=O)nc2n1N1CCNCC1. The van der Waals surface area contributed by atoms with Gasteiger partial charge in [0.25, 0.3) is 5.56 Å². The molecule has 0 atom stereocenters. The molecule has 0 spiro atoms. The molecule has 1 aliphatic rings. The van der Waals surface area contributed by atoms with Crippen LogP contribution in [0.2, 0.25) is 0 Å². The van der Waals surface area contributed by atoms with Crippen LogP contribution >= 0.6 is 0 Å². The van der Waals surface area contributed by atoms with Gasteiger partial charge < -0.3 is 21.0 Å². The predicted molar refractivity (Wildman–Crippen MR) is 112 cm³/mol. The average molecular weight is 388 g/mol. The molecular weight excluding hydrogens is 368 g/mol. The Morgan fingerprint density at radius 3 is 2.62 bits per heavy atom. The summed E-state index contributed by atoms with van der Waals surface area (Å²) in [6, 6.07) is 11.0. The van der Waals surface area contributed by atoms with E-state index in [1.165, 1.54) is 0 Å². The molecule has 9 heteroatoms. The highest BCUT2D eigenvalue weighted by atomic mass is 16.1. The van der Waals surface area contributed by atoms with Crippen molar-refractivity contribution in [2.24, 2.45) is 0 Å². The third kappa shape index (κ3) is 3.01. The topological polar surface area (TPSA) is 118 Å². The number of rotatable bonds is 3. The minimum atomic E-state index is -0.177. The second-order valence-corrected chi connectivity index (χ2v) is 6.84. The molecule has 9 nitrogen and oxygen atoms in total. The largest absolute Gasteiger partial charge is 0.383 e. The fraction of sp³-hybridized carbons (Fsp3) is 0.200. The van der Waals surface area contributed by atoms with E-state index in [-0.39, 0.29) is 5.56 Å². The van der Waals surface area contributed by atoms with E-state index in [1.807, 2.05) is 28.9 Å². The van der Waals surface area contributed by atoms with Gasteiger partial charge in [0.05, 0.1) is 16.8 Å². The Labute approximate surface area is 166 Å². The Bertz CT molecular complexity index is 1240. The maximum Gasteiger partial charge on any atom is 0.257 e. The highest BCUT2D eigenvalue weighted by molar-refractivity contribution is 5.82. The summed E-state index contributed by atoms with van der Waals surface area (Å²) in [6.45, 7) is 3.33. The normalized spacial score (nSPS) is 14.4. The first-order valence-corrected chi connectivity index (χ1v) is 9.47. The standard InChI is InChI=1S/C20H20N8O/c21-17-14(4-2-7-23-17)18-26-16-6-5-15(13-3-1-8-24-20(13)29)25-19(16)28(18)27-11-9-22-10-12-27/h1-8,22H,9-12H2,(H2,21,23)(H,24,29). The van der Waals surface area contributed by atoms with Crippen LogP contribution in [0.25, 0.3) is 33.8 Å². The van der Waals surface area contributed by atoms with E-state index >= 15 is 0 Å². The van der Waals surface area contributed by atoms with Crippen LogP contribution < -0.4 is 21.6 Å². The highest BCUT2D eigenvalue weighted by Crippen LogP contribution is 2.28. The van der Waals surface area contributed by atoms with Crippen molar-refractivity contribution >= 4 is 17.0 Å². The van der Waals surface area contributed by atoms with E-state index in [2.05, 4.69) is 20.3 Å². The summed E-state index contributed by atoms with van der Waals surface area (Å²) in [7, 11) is 0. The zero-order valence-electron chi connectivity index (χ0n) is 15.7. The number of imidazole rings is 1. The van der Waals surface area contributed by atoms with Gasteiger partial charge in [-0.25, -0.2) is 19.6 Å². The summed E-state index contributed by atoms with van der Waals surface area (Å²) in [4.78, 5) is 28.8. The number of anilines is 1. The molecule has 1 saturated heterocycles. The molecule has 4 N–H and O–H groups in total. The van der Waals surface area contributed by atoms with Crippen LogP contribution in [0.15, 0.2) is 53.6 Å². The summed E-state index contributed by atoms with van der Waals surface area (Å²) >= 11 is 0. The molecule has 1 fully saturated rings. The molecular formula is C20H20N8O. The van der Waals surface area contributed by atoms with Gasteiger partial charge in [-0.15, -0.1) is 0 Å². The average Bonchev–Trinajstić information content (AvgIpc) is 3.13. The molecule has 0 unspecified atom stereocenters. The van der Waals surface area contributed by atoms with Crippen LogP contribution in [-0.4, -0.2) is 50.8 Å². The van der Waals surface area contributed by atoms with Gasteiger partial charge in [-0.05, 0) is 36.4 Å². The van der Waals surface area contributed by atoms with Crippen molar-refractivity contribution in [3.63, 3.8) is 0 Å². The molecule has 29 heavy (non-hydrogen) atoms. The van der Waals surface area contributed by atoms with Crippen molar-refractivity contribution in [1.82, 2.24) is 29.9 Å². The molecule has 146 valence electrons. The Balaban J connectivity index is 1.76. The van der Waals surface area contributed by atoms with Gasteiger partial charge >= 0.3 is 0 Å². The van der Waals surface area contributed by atoms with Crippen molar-refractivity contribution in [2.45, 2.75) is 0 Å². The van der Waals surface area contributed by atoms with E-state index in [1.54, 1.807) is 24.5 Å². The van der Waals surface area contributed by atoms with Crippen molar-refractivity contribution in [1.29, 1.82) is 0 Å². The third-order valence-electron chi connectivity index (χ3n) is 5.03. The van der Waals surface area contributed by atoms with Crippen LogP contribution in [0.1, 0.15) is 0 Å². The Morgan fingerprint density at radius 2 is 1.83 bits per heavy atom. The number of pyridine rings is 3. The van der Waals surface area contributed by atoms with E-state index in [0.29, 0.717) is 28.5 Å². The zero-order chi connectivity index (χ0) is 19.8. The molecule has 4 aromatic heterocycles. The Morgan fingerprint density at radius 1 is 1.00 bits per heavy atom. The first-order valence-electron chi connectivity index (χ1n) is 9.47. The lowest BCUT2D eigenvalue weighted by atomic mass is 10.2. The van der Waals surface area contributed by atoms with Gasteiger partial charge in [-0.2, -0.15) is 0 Å². The Hall–Kier alpha value is -3.72. The second kappa shape index (κ2) is 7.02. The van der Waals surface area contributed by atoms with Crippen molar-refractivity contribution in [3.05, 3.63) is 59.1 Å².